The largest absolute Gasteiger partial charge is 0.455 e. The normalized spacial score (nSPS) is 10.6. The summed E-state index contributed by atoms with van der Waals surface area (Å²) in [5, 5.41) is 3.44. The number of para-hydroxylation sites is 1. The van der Waals surface area contributed by atoms with Gasteiger partial charge in [-0.1, -0.05) is 24.3 Å². The lowest BCUT2D eigenvalue weighted by molar-refractivity contribution is -0.146. The molecule has 3 aromatic rings. The lowest BCUT2D eigenvalue weighted by Gasteiger charge is -2.07. The molecule has 0 saturated heterocycles. The highest BCUT2D eigenvalue weighted by molar-refractivity contribution is 5.93. The summed E-state index contributed by atoms with van der Waals surface area (Å²) in [5.41, 5.74) is 2.55. The van der Waals surface area contributed by atoms with Crippen LogP contribution >= 0.6 is 0 Å². The van der Waals surface area contributed by atoms with E-state index >= 15 is 0 Å². The second-order valence-electron chi connectivity index (χ2n) is 5.71. The van der Waals surface area contributed by atoms with Gasteiger partial charge in [0.1, 0.15) is 5.82 Å². The molecule has 0 fully saturated rings. The van der Waals surface area contributed by atoms with Crippen LogP contribution in [0.4, 0.5) is 10.1 Å². The van der Waals surface area contributed by atoms with Gasteiger partial charge in [0, 0.05) is 22.8 Å². The predicted molar refractivity (Wildman–Crippen MR) is 92.7 cm³/mol. The van der Waals surface area contributed by atoms with Gasteiger partial charge in [-0.2, -0.15) is 0 Å². The van der Waals surface area contributed by atoms with Crippen LogP contribution < -0.4 is 5.32 Å². The molecule has 0 aliphatic rings. The maximum absolute atomic E-state index is 13.4. The summed E-state index contributed by atoms with van der Waals surface area (Å²) in [6.45, 7) is 1.21. The highest BCUT2D eigenvalue weighted by atomic mass is 19.1. The van der Waals surface area contributed by atoms with Gasteiger partial charge in [-0.25, -0.2) is 4.39 Å². The third kappa shape index (κ3) is 4.03. The molecule has 25 heavy (non-hydrogen) atoms. The number of esters is 1. The molecular weight excluding hydrogens is 323 g/mol. The number of aryl methyl sites for hydroxylation is 1. The number of fused-ring (bicyclic) bond motifs is 1. The van der Waals surface area contributed by atoms with Crippen molar-refractivity contribution in [2.24, 2.45) is 0 Å². The number of anilines is 1. The highest BCUT2D eigenvalue weighted by Crippen LogP contribution is 2.18. The Morgan fingerprint density at radius 2 is 2.00 bits per heavy atom. The molecule has 0 aliphatic carbocycles. The molecule has 2 N–H and O–H groups in total. The minimum atomic E-state index is -0.518. The molecule has 0 saturated carbocycles. The molecule has 6 heteroatoms. The fraction of sp³-hybridized carbons (Fsp3) is 0.158. The van der Waals surface area contributed by atoms with E-state index in [2.05, 4.69) is 10.3 Å². The first-order valence-electron chi connectivity index (χ1n) is 7.79. The Bertz CT molecular complexity index is 933. The zero-order chi connectivity index (χ0) is 17.8. The van der Waals surface area contributed by atoms with Gasteiger partial charge in [0.05, 0.1) is 6.42 Å². The molecule has 0 aliphatic heterocycles. The van der Waals surface area contributed by atoms with Gasteiger partial charge in [0.25, 0.3) is 5.91 Å². The third-order valence-electron chi connectivity index (χ3n) is 3.83. The van der Waals surface area contributed by atoms with Crippen molar-refractivity contribution in [2.45, 2.75) is 13.3 Å². The Balaban J connectivity index is 1.53. The molecule has 1 heterocycles. The maximum atomic E-state index is 13.4. The van der Waals surface area contributed by atoms with Crippen LogP contribution in [0.1, 0.15) is 11.1 Å². The lowest BCUT2D eigenvalue weighted by atomic mass is 10.1. The second-order valence-corrected chi connectivity index (χ2v) is 5.71. The molecule has 0 unspecified atom stereocenters. The van der Waals surface area contributed by atoms with Crippen LogP contribution in [0, 0.1) is 12.7 Å². The number of aromatic amines is 1. The first-order chi connectivity index (χ1) is 12.0. The van der Waals surface area contributed by atoms with Crippen molar-refractivity contribution in [1.82, 2.24) is 4.98 Å². The molecule has 3 rings (SSSR count). The van der Waals surface area contributed by atoms with Crippen LogP contribution in [0.5, 0.6) is 0 Å². The Kier molecular flexibility index (Phi) is 4.79. The summed E-state index contributed by atoms with van der Waals surface area (Å²) in [7, 11) is 0. The zero-order valence-electron chi connectivity index (χ0n) is 13.6. The standard InChI is InChI=1S/C19H17FN2O3/c1-12-6-7-14(9-16(12)20)22-18(23)11-25-19(24)8-13-10-21-17-5-3-2-4-15(13)17/h2-7,9-10,21H,8,11H2,1H3,(H,22,23). The number of ether oxygens (including phenoxy) is 1. The van der Waals surface area contributed by atoms with Crippen LogP contribution in [0.2, 0.25) is 0 Å². The van der Waals surface area contributed by atoms with Crippen LogP contribution in [-0.2, 0) is 20.7 Å². The SMILES string of the molecule is Cc1ccc(NC(=O)COC(=O)Cc2c[nH]c3ccccc23)cc1F. The molecular formula is C19H17FN2O3. The van der Waals surface area contributed by atoms with Crippen LogP contribution in [0.15, 0.2) is 48.7 Å². The third-order valence-corrected chi connectivity index (χ3v) is 3.83. The quantitative estimate of drug-likeness (QED) is 0.700. The van der Waals surface area contributed by atoms with Crippen molar-refractivity contribution in [3.05, 3.63) is 65.6 Å². The van der Waals surface area contributed by atoms with Gasteiger partial charge in [-0.3, -0.25) is 9.59 Å². The average Bonchev–Trinajstić information content (AvgIpc) is 2.99. The van der Waals surface area contributed by atoms with Gasteiger partial charge in [0.2, 0.25) is 0 Å². The van der Waals surface area contributed by atoms with Gasteiger partial charge in [-0.05, 0) is 36.2 Å². The van der Waals surface area contributed by atoms with Gasteiger partial charge in [-0.15, -0.1) is 0 Å². The lowest BCUT2D eigenvalue weighted by Crippen LogP contribution is -2.21. The summed E-state index contributed by atoms with van der Waals surface area (Å²) in [6, 6.07) is 12.0. The van der Waals surface area contributed by atoms with Crippen molar-refractivity contribution in [3.63, 3.8) is 0 Å². The second kappa shape index (κ2) is 7.17. The number of nitrogens with one attached hydrogen (secondary N) is 2. The smallest absolute Gasteiger partial charge is 0.310 e. The van der Waals surface area contributed by atoms with E-state index < -0.39 is 24.3 Å². The molecule has 5 nitrogen and oxygen atoms in total. The maximum Gasteiger partial charge on any atom is 0.310 e. The van der Waals surface area contributed by atoms with E-state index in [1.807, 2.05) is 24.3 Å². The fourth-order valence-electron chi connectivity index (χ4n) is 2.50. The first-order valence-corrected chi connectivity index (χ1v) is 7.79. The fourth-order valence-corrected chi connectivity index (χ4v) is 2.50. The Hall–Kier alpha value is -3.15. The molecule has 0 spiro atoms. The topological polar surface area (TPSA) is 71.2 Å². The molecule has 0 bridgehead atoms. The van der Waals surface area contributed by atoms with E-state index in [-0.39, 0.29) is 6.42 Å². The average molecular weight is 340 g/mol. The monoisotopic (exact) mass is 340 g/mol. The number of aromatic nitrogens is 1. The molecule has 2 aromatic carbocycles. The summed E-state index contributed by atoms with van der Waals surface area (Å²) in [6.07, 6.45) is 1.82. The predicted octanol–water partition coefficient (Wildman–Crippen LogP) is 3.34. The minimum absolute atomic E-state index is 0.0659. The van der Waals surface area contributed by atoms with Gasteiger partial charge in [0.15, 0.2) is 6.61 Å². The summed E-state index contributed by atoms with van der Waals surface area (Å²) < 4.78 is 18.4. The number of rotatable bonds is 5. The van der Waals surface area contributed by atoms with Crippen molar-refractivity contribution in [1.29, 1.82) is 0 Å². The van der Waals surface area contributed by atoms with Crippen LogP contribution in [0.3, 0.4) is 0 Å². The molecule has 1 amide bonds. The Morgan fingerprint density at radius 1 is 1.20 bits per heavy atom. The number of H-pyrrole nitrogens is 1. The Labute approximate surface area is 143 Å². The van der Waals surface area contributed by atoms with Gasteiger partial charge < -0.3 is 15.0 Å². The highest BCUT2D eigenvalue weighted by Gasteiger charge is 2.12. The Morgan fingerprint density at radius 3 is 2.80 bits per heavy atom. The molecule has 128 valence electrons. The van der Waals surface area contributed by atoms with E-state index in [9.17, 15) is 14.0 Å². The van der Waals surface area contributed by atoms with E-state index in [1.165, 1.54) is 6.07 Å². The molecule has 1 aromatic heterocycles. The van der Waals surface area contributed by atoms with Crippen molar-refractivity contribution in [2.75, 3.05) is 11.9 Å². The zero-order valence-corrected chi connectivity index (χ0v) is 13.6. The number of carbonyl (C=O) groups excluding carboxylic acids is 2. The number of benzene rings is 2. The van der Waals surface area contributed by atoms with E-state index in [4.69, 9.17) is 4.74 Å². The summed E-state index contributed by atoms with van der Waals surface area (Å²) >= 11 is 0. The van der Waals surface area contributed by atoms with Crippen molar-refractivity contribution < 1.29 is 18.7 Å². The number of hydrogen-bond donors (Lipinski definition) is 2. The molecule has 0 atom stereocenters. The van der Waals surface area contributed by atoms with E-state index in [1.54, 1.807) is 25.3 Å². The summed E-state index contributed by atoms with van der Waals surface area (Å²) in [4.78, 5) is 26.8. The van der Waals surface area contributed by atoms with Gasteiger partial charge >= 0.3 is 5.97 Å². The van der Waals surface area contributed by atoms with Crippen LogP contribution in [-0.4, -0.2) is 23.5 Å². The number of halogens is 1. The number of hydrogen-bond acceptors (Lipinski definition) is 3. The van der Waals surface area contributed by atoms with E-state index in [0.717, 1.165) is 16.5 Å². The summed E-state index contributed by atoms with van der Waals surface area (Å²) in [5.74, 6) is -1.43. The number of carbonyl (C=O) groups is 2. The molecule has 0 radical (unpaired) electrons. The first kappa shape index (κ1) is 16.7. The van der Waals surface area contributed by atoms with Crippen molar-refractivity contribution >= 4 is 28.5 Å². The van der Waals surface area contributed by atoms with E-state index in [0.29, 0.717) is 11.3 Å². The number of amides is 1. The van der Waals surface area contributed by atoms with Crippen molar-refractivity contribution in [3.8, 4) is 0 Å². The minimum Gasteiger partial charge on any atom is -0.455 e. The van der Waals surface area contributed by atoms with Crippen LogP contribution in [0.25, 0.3) is 10.9 Å².